The largest absolute Gasteiger partial charge is 0.367 e. The molecule has 0 unspecified atom stereocenters. The maximum atomic E-state index is 11.6. The summed E-state index contributed by atoms with van der Waals surface area (Å²) in [4.78, 5) is 9.02. The van der Waals surface area contributed by atoms with Gasteiger partial charge in [0.2, 0.25) is 0 Å². The van der Waals surface area contributed by atoms with Gasteiger partial charge >= 0.3 is 0 Å². The van der Waals surface area contributed by atoms with Crippen LogP contribution in [0.3, 0.4) is 0 Å². The van der Waals surface area contributed by atoms with Gasteiger partial charge in [0.15, 0.2) is 15.5 Å². The molecule has 2 N–H and O–H groups in total. The monoisotopic (exact) mass is 372 g/mol. The normalized spacial score (nSPS) is 16.0. The third kappa shape index (κ3) is 3.27. The summed E-state index contributed by atoms with van der Waals surface area (Å²) in [7, 11) is -3.22. The van der Waals surface area contributed by atoms with E-state index >= 15 is 0 Å². The van der Waals surface area contributed by atoms with Crippen molar-refractivity contribution < 1.29 is 8.42 Å². The molecule has 0 radical (unpaired) electrons. The molecular weight excluding hydrogens is 352 g/mol. The number of piperidine rings is 1. The average Bonchev–Trinajstić information content (AvgIpc) is 3.07. The van der Waals surface area contributed by atoms with E-state index < -0.39 is 9.84 Å². The van der Waals surface area contributed by atoms with Gasteiger partial charge in [-0.3, -0.25) is 0 Å². The highest BCUT2D eigenvalue weighted by Crippen LogP contribution is 2.24. The van der Waals surface area contributed by atoms with Crippen LogP contribution in [-0.4, -0.2) is 53.6 Å². The van der Waals surface area contributed by atoms with Crippen LogP contribution in [0.5, 0.6) is 0 Å². The lowest BCUT2D eigenvalue weighted by molar-refractivity contribution is 0.478. The molecule has 1 aliphatic rings. The lowest BCUT2D eigenvalue weighted by Crippen LogP contribution is -2.35. The summed E-state index contributed by atoms with van der Waals surface area (Å²) >= 11 is 0. The fourth-order valence-corrected chi connectivity index (χ4v) is 3.77. The van der Waals surface area contributed by atoms with Gasteiger partial charge in [0.25, 0.3) is 0 Å². The molecule has 0 saturated carbocycles. The van der Waals surface area contributed by atoms with Crippen LogP contribution in [0, 0.1) is 0 Å². The molecule has 1 saturated heterocycles. The Morgan fingerprint density at radius 3 is 2.58 bits per heavy atom. The summed E-state index contributed by atoms with van der Waals surface area (Å²) in [6.07, 6.45) is 6.55. The van der Waals surface area contributed by atoms with E-state index in [0.717, 1.165) is 42.8 Å². The Balaban J connectivity index is 1.68. The maximum Gasteiger partial charge on any atom is 0.175 e. The van der Waals surface area contributed by atoms with Crippen LogP contribution in [0.2, 0.25) is 0 Å². The summed E-state index contributed by atoms with van der Waals surface area (Å²) in [5, 5.41) is 12.1. The molecule has 1 fully saturated rings. The fourth-order valence-electron chi connectivity index (χ4n) is 3.14. The smallest absolute Gasteiger partial charge is 0.175 e. The second-order valence-electron chi connectivity index (χ2n) is 6.45. The summed E-state index contributed by atoms with van der Waals surface area (Å²) in [6.45, 7) is 2.00. The Morgan fingerprint density at radius 1 is 1.15 bits per heavy atom. The molecule has 136 valence electrons. The lowest BCUT2D eigenvalue weighted by Gasteiger charge is -2.24. The van der Waals surface area contributed by atoms with Crippen molar-refractivity contribution in [1.82, 2.24) is 25.1 Å². The van der Waals surface area contributed by atoms with Crippen molar-refractivity contribution in [3.63, 3.8) is 0 Å². The van der Waals surface area contributed by atoms with E-state index in [2.05, 4.69) is 25.7 Å². The minimum atomic E-state index is -3.22. The standard InChI is InChI=1S/C17H20N6O2S/c1-26(24,25)14-4-2-13(3-5-14)23-17-15(10-21-23)16(19-11-20-17)22-12-6-8-18-9-7-12/h2-5,10-12,18H,6-9H2,1H3,(H,19,20,22). The highest BCUT2D eigenvalue weighted by Gasteiger charge is 2.17. The van der Waals surface area contributed by atoms with Crippen molar-refractivity contribution in [2.24, 2.45) is 0 Å². The van der Waals surface area contributed by atoms with Crippen LogP contribution in [0.25, 0.3) is 16.7 Å². The van der Waals surface area contributed by atoms with Gasteiger partial charge in [-0.25, -0.2) is 23.1 Å². The van der Waals surface area contributed by atoms with Gasteiger partial charge in [-0.05, 0) is 50.2 Å². The van der Waals surface area contributed by atoms with Crippen molar-refractivity contribution in [2.45, 2.75) is 23.8 Å². The molecule has 3 heterocycles. The molecule has 1 aliphatic heterocycles. The van der Waals surface area contributed by atoms with Gasteiger partial charge in [-0.1, -0.05) is 0 Å². The van der Waals surface area contributed by atoms with Crippen LogP contribution >= 0.6 is 0 Å². The van der Waals surface area contributed by atoms with Crippen LogP contribution in [-0.2, 0) is 9.84 Å². The molecule has 0 bridgehead atoms. The number of aromatic nitrogens is 4. The Morgan fingerprint density at radius 2 is 1.88 bits per heavy atom. The molecule has 8 nitrogen and oxygen atoms in total. The molecule has 0 amide bonds. The van der Waals surface area contributed by atoms with E-state index in [1.165, 1.54) is 12.6 Å². The molecule has 26 heavy (non-hydrogen) atoms. The first-order valence-electron chi connectivity index (χ1n) is 8.49. The third-order valence-electron chi connectivity index (χ3n) is 4.56. The Hall–Kier alpha value is -2.52. The minimum Gasteiger partial charge on any atom is -0.367 e. The summed E-state index contributed by atoms with van der Waals surface area (Å²) < 4.78 is 24.9. The number of nitrogens with one attached hydrogen (secondary N) is 2. The van der Waals surface area contributed by atoms with Crippen molar-refractivity contribution in [3.05, 3.63) is 36.8 Å². The Labute approximate surface area is 151 Å². The number of anilines is 1. The van der Waals surface area contributed by atoms with Gasteiger partial charge in [0.1, 0.15) is 12.1 Å². The Bertz CT molecular complexity index is 1020. The summed E-state index contributed by atoms with van der Waals surface area (Å²) in [5.41, 5.74) is 1.43. The SMILES string of the molecule is CS(=O)(=O)c1ccc(-n2ncc3c(NC4CCNCC4)ncnc32)cc1. The number of sulfone groups is 1. The molecule has 0 spiro atoms. The van der Waals surface area contributed by atoms with Crippen LogP contribution < -0.4 is 10.6 Å². The van der Waals surface area contributed by atoms with Gasteiger partial charge in [0.05, 0.1) is 22.2 Å². The van der Waals surface area contributed by atoms with Gasteiger partial charge in [-0.2, -0.15) is 5.10 Å². The second kappa shape index (κ2) is 6.65. The molecule has 9 heteroatoms. The molecule has 0 atom stereocenters. The minimum absolute atomic E-state index is 0.278. The van der Waals surface area contributed by atoms with E-state index in [1.807, 2.05) is 0 Å². The number of nitrogens with zero attached hydrogens (tertiary/aromatic N) is 4. The van der Waals surface area contributed by atoms with Crippen LogP contribution in [0.4, 0.5) is 5.82 Å². The zero-order valence-electron chi connectivity index (χ0n) is 14.4. The zero-order valence-corrected chi connectivity index (χ0v) is 15.2. The molecule has 0 aliphatic carbocycles. The van der Waals surface area contributed by atoms with E-state index in [0.29, 0.717) is 11.7 Å². The van der Waals surface area contributed by atoms with Gasteiger partial charge in [0, 0.05) is 12.3 Å². The van der Waals surface area contributed by atoms with Crippen molar-refractivity contribution >= 4 is 26.7 Å². The van der Waals surface area contributed by atoms with Gasteiger partial charge < -0.3 is 10.6 Å². The highest BCUT2D eigenvalue weighted by atomic mass is 32.2. The van der Waals surface area contributed by atoms with E-state index in [1.54, 1.807) is 35.1 Å². The third-order valence-corrected chi connectivity index (χ3v) is 5.68. The molecule has 3 aromatic rings. The maximum absolute atomic E-state index is 11.6. The fraction of sp³-hybridized carbons (Fsp3) is 0.353. The lowest BCUT2D eigenvalue weighted by atomic mass is 10.1. The van der Waals surface area contributed by atoms with Crippen molar-refractivity contribution in [1.29, 1.82) is 0 Å². The van der Waals surface area contributed by atoms with E-state index in [-0.39, 0.29) is 4.90 Å². The van der Waals surface area contributed by atoms with Crippen LogP contribution in [0.1, 0.15) is 12.8 Å². The summed E-state index contributed by atoms with van der Waals surface area (Å²) in [6, 6.07) is 6.99. The average molecular weight is 372 g/mol. The van der Waals surface area contributed by atoms with Crippen molar-refractivity contribution in [2.75, 3.05) is 24.7 Å². The zero-order chi connectivity index (χ0) is 18.1. The molecule has 4 rings (SSSR count). The van der Waals surface area contributed by atoms with Crippen molar-refractivity contribution in [3.8, 4) is 5.69 Å². The first-order valence-corrected chi connectivity index (χ1v) is 10.4. The Kier molecular flexibility index (Phi) is 4.33. The highest BCUT2D eigenvalue weighted by molar-refractivity contribution is 7.90. The molecule has 2 aromatic heterocycles. The number of benzene rings is 1. The number of hydrogen-bond donors (Lipinski definition) is 2. The second-order valence-corrected chi connectivity index (χ2v) is 8.47. The predicted molar refractivity (Wildman–Crippen MR) is 99.3 cm³/mol. The van der Waals surface area contributed by atoms with Crippen LogP contribution in [0.15, 0.2) is 41.7 Å². The topological polar surface area (TPSA) is 102 Å². The predicted octanol–water partition coefficient (Wildman–Crippen LogP) is 1.38. The first-order chi connectivity index (χ1) is 12.5. The number of hydrogen-bond acceptors (Lipinski definition) is 7. The first kappa shape index (κ1) is 16.9. The summed E-state index contributed by atoms with van der Waals surface area (Å²) in [5.74, 6) is 0.779. The number of fused-ring (bicyclic) bond motifs is 1. The molecule has 1 aromatic carbocycles. The van der Waals surface area contributed by atoms with E-state index in [4.69, 9.17) is 0 Å². The van der Waals surface area contributed by atoms with E-state index in [9.17, 15) is 8.42 Å². The van der Waals surface area contributed by atoms with Gasteiger partial charge in [-0.15, -0.1) is 0 Å². The number of rotatable bonds is 4. The quantitative estimate of drug-likeness (QED) is 0.713. The molecular formula is C17H20N6O2S.